The molecule has 1 heterocycles. The first-order valence-corrected chi connectivity index (χ1v) is 8.78. The second-order valence-corrected chi connectivity index (χ2v) is 7.27. The lowest BCUT2D eigenvalue weighted by molar-refractivity contribution is -0.121. The molecule has 0 aromatic heterocycles. The number of carbonyl (C=O) groups excluding carboxylic acids is 1. The molecule has 3 heteroatoms. The molecule has 0 saturated heterocycles. The van der Waals surface area contributed by atoms with Crippen LogP contribution < -0.4 is 10.1 Å². The summed E-state index contributed by atoms with van der Waals surface area (Å²) in [5.74, 6) is 1.16. The molecule has 1 spiro atoms. The van der Waals surface area contributed by atoms with Crippen LogP contribution >= 0.6 is 0 Å². The fourth-order valence-corrected chi connectivity index (χ4v) is 3.98. The maximum atomic E-state index is 12.7. The Morgan fingerprint density at radius 1 is 1.16 bits per heavy atom. The zero-order chi connectivity index (χ0) is 17.6. The number of hydrogen-bond acceptors (Lipinski definition) is 2. The minimum Gasteiger partial charge on any atom is -0.497 e. The Morgan fingerprint density at radius 3 is 2.52 bits per heavy atom. The third-order valence-corrected chi connectivity index (χ3v) is 5.52. The molecule has 25 heavy (non-hydrogen) atoms. The highest BCUT2D eigenvalue weighted by atomic mass is 16.5. The summed E-state index contributed by atoms with van der Waals surface area (Å²) >= 11 is 0. The number of nitrogens with one attached hydrogen (secondary N) is 1. The van der Waals surface area contributed by atoms with E-state index in [1.807, 2.05) is 24.3 Å². The summed E-state index contributed by atoms with van der Waals surface area (Å²) in [6, 6.07) is 12.4. The van der Waals surface area contributed by atoms with Crippen LogP contribution in [0.5, 0.6) is 5.75 Å². The van der Waals surface area contributed by atoms with Crippen LogP contribution in [0.4, 0.5) is 5.69 Å². The van der Waals surface area contributed by atoms with Gasteiger partial charge in [-0.25, -0.2) is 0 Å². The van der Waals surface area contributed by atoms with Crippen molar-refractivity contribution in [2.45, 2.75) is 32.6 Å². The maximum absolute atomic E-state index is 12.7. The first-order valence-electron chi connectivity index (χ1n) is 8.78. The van der Waals surface area contributed by atoms with E-state index in [1.54, 1.807) is 7.11 Å². The van der Waals surface area contributed by atoms with Crippen molar-refractivity contribution in [3.05, 3.63) is 64.7 Å². The third-order valence-electron chi connectivity index (χ3n) is 5.52. The fourth-order valence-electron chi connectivity index (χ4n) is 3.98. The molecule has 1 fully saturated rings. The minimum atomic E-state index is -0.254. The number of ether oxygens (including phenoxy) is 1. The quantitative estimate of drug-likeness (QED) is 0.873. The lowest BCUT2D eigenvalue weighted by atomic mass is 9.77. The van der Waals surface area contributed by atoms with E-state index >= 15 is 0 Å². The Labute approximate surface area is 148 Å². The van der Waals surface area contributed by atoms with Crippen LogP contribution in [-0.2, 0) is 4.79 Å². The van der Waals surface area contributed by atoms with Crippen LogP contribution in [0.25, 0.3) is 6.08 Å². The van der Waals surface area contributed by atoms with Gasteiger partial charge in [0.2, 0.25) is 5.91 Å². The summed E-state index contributed by atoms with van der Waals surface area (Å²) in [4.78, 5) is 12.7. The molecule has 2 aromatic carbocycles. The van der Waals surface area contributed by atoms with E-state index in [1.165, 1.54) is 11.1 Å². The van der Waals surface area contributed by atoms with Gasteiger partial charge in [-0.2, -0.15) is 0 Å². The van der Waals surface area contributed by atoms with Crippen LogP contribution in [0, 0.1) is 19.3 Å². The van der Waals surface area contributed by atoms with Crippen molar-refractivity contribution in [1.82, 2.24) is 0 Å². The Hall–Kier alpha value is -2.55. The van der Waals surface area contributed by atoms with E-state index in [-0.39, 0.29) is 17.2 Å². The average molecular weight is 333 g/mol. The molecule has 0 bridgehead atoms. The van der Waals surface area contributed by atoms with Gasteiger partial charge in [0.15, 0.2) is 0 Å². The molecule has 2 aliphatic rings. The predicted octanol–water partition coefficient (Wildman–Crippen LogP) is 4.84. The van der Waals surface area contributed by atoms with Crippen molar-refractivity contribution in [3.63, 3.8) is 0 Å². The standard InChI is InChI=1S/C22H23NO2/c1-14-12-15(2)20-18(13-14)19(22(10-11-22)21(24)23-20)9-6-16-4-7-17(25-3)8-5-16/h4-9,12-13,19H,10-11H2,1-3H3,(H,23,24)/b9-6+. The minimum absolute atomic E-state index is 0.136. The van der Waals surface area contributed by atoms with Crippen molar-refractivity contribution < 1.29 is 9.53 Å². The molecule has 128 valence electrons. The molecule has 3 nitrogen and oxygen atoms in total. The van der Waals surface area contributed by atoms with Gasteiger partial charge in [0, 0.05) is 11.6 Å². The summed E-state index contributed by atoms with van der Waals surface area (Å²) in [5, 5.41) is 3.16. The lowest BCUT2D eigenvalue weighted by Gasteiger charge is -2.33. The number of allylic oxidation sites excluding steroid dienone is 1. The average Bonchev–Trinajstić information content (AvgIpc) is 3.39. The maximum Gasteiger partial charge on any atom is 0.231 e. The van der Waals surface area contributed by atoms with Gasteiger partial charge in [-0.1, -0.05) is 42.0 Å². The number of aryl methyl sites for hydroxylation is 2. The summed E-state index contributed by atoms with van der Waals surface area (Å²) < 4.78 is 5.22. The van der Waals surface area contributed by atoms with Gasteiger partial charge in [0.05, 0.1) is 12.5 Å². The van der Waals surface area contributed by atoms with E-state index < -0.39 is 0 Å². The Kier molecular flexibility index (Phi) is 3.68. The van der Waals surface area contributed by atoms with Crippen LogP contribution in [0.15, 0.2) is 42.5 Å². The van der Waals surface area contributed by atoms with Gasteiger partial charge >= 0.3 is 0 Å². The molecule has 1 saturated carbocycles. The van der Waals surface area contributed by atoms with Gasteiger partial charge in [0.1, 0.15) is 5.75 Å². The van der Waals surface area contributed by atoms with Crippen LogP contribution in [0.3, 0.4) is 0 Å². The number of benzene rings is 2. The molecular formula is C22H23NO2. The lowest BCUT2D eigenvalue weighted by Crippen LogP contribution is -2.35. The van der Waals surface area contributed by atoms with Gasteiger partial charge in [-0.3, -0.25) is 4.79 Å². The molecule has 1 aliphatic carbocycles. The normalized spacial score (nSPS) is 20.4. The molecule has 0 radical (unpaired) electrons. The number of anilines is 1. The van der Waals surface area contributed by atoms with Gasteiger partial charge in [-0.15, -0.1) is 0 Å². The summed E-state index contributed by atoms with van der Waals surface area (Å²) in [6.07, 6.45) is 6.27. The number of methoxy groups -OCH3 is 1. The van der Waals surface area contributed by atoms with Gasteiger partial charge < -0.3 is 10.1 Å². The fraction of sp³-hybridized carbons (Fsp3) is 0.318. The molecule has 1 unspecified atom stereocenters. The summed E-state index contributed by atoms with van der Waals surface area (Å²) in [6.45, 7) is 4.19. The molecule has 4 rings (SSSR count). The van der Waals surface area contributed by atoms with Crippen molar-refractivity contribution >= 4 is 17.7 Å². The summed E-state index contributed by atoms with van der Waals surface area (Å²) in [5.41, 5.74) is 5.49. The van der Waals surface area contributed by atoms with E-state index in [9.17, 15) is 4.79 Å². The zero-order valence-electron chi connectivity index (χ0n) is 14.9. The molecule has 1 N–H and O–H groups in total. The molecular weight excluding hydrogens is 310 g/mol. The highest BCUT2D eigenvalue weighted by Gasteiger charge is 2.57. The number of hydrogen-bond donors (Lipinski definition) is 1. The van der Waals surface area contributed by atoms with E-state index in [0.29, 0.717) is 0 Å². The Bertz CT molecular complexity index is 860. The van der Waals surface area contributed by atoms with E-state index in [0.717, 1.165) is 35.4 Å². The van der Waals surface area contributed by atoms with Crippen molar-refractivity contribution in [1.29, 1.82) is 0 Å². The SMILES string of the molecule is COc1ccc(/C=C/C2c3cc(C)cc(C)c3NC(=O)C23CC3)cc1. The van der Waals surface area contributed by atoms with Crippen LogP contribution in [-0.4, -0.2) is 13.0 Å². The largest absolute Gasteiger partial charge is 0.497 e. The molecule has 1 atom stereocenters. The smallest absolute Gasteiger partial charge is 0.231 e. The van der Waals surface area contributed by atoms with Gasteiger partial charge in [-0.05, 0) is 55.5 Å². The van der Waals surface area contributed by atoms with Crippen molar-refractivity contribution in [2.75, 3.05) is 12.4 Å². The summed E-state index contributed by atoms with van der Waals surface area (Å²) in [7, 11) is 1.67. The first kappa shape index (κ1) is 15.9. The second-order valence-electron chi connectivity index (χ2n) is 7.27. The Balaban J connectivity index is 1.74. The van der Waals surface area contributed by atoms with Crippen LogP contribution in [0.2, 0.25) is 0 Å². The highest BCUT2D eigenvalue weighted by molar-refractivity contribution is 6.02. The van der Waals surface area contributed by atoms with Crippen molar-refractivity contribution in [2.24, 2.45) is 5.41 Å². The van der Waals surface area contributed by atoms with Crippen LogP contribution in [0.1, 0.15) is 41.0 Å². The van der Waals surface area contributed by atoms with E-state index in [4.69, 9.17) is 4.74 Å². The van der Waals surface area contributed by atoms with Gasteiger partial charge in [0.25, 0.3) is 0 Å². The Morgan fingerprint density at radius 2 is 1.88 bits per heavy atom. The van der Waals surface area contributed by atoms with Crippen molar-refractivity contribution in [3.8, 4) is 5.75 Å². The highest BCUT2D eigenvalue weighted by Crippen LogP contribution is 2.61. The molecule has 2 aromatic rings. The first-order chi connectivity index (χ1) is 12.0. The monoisotopic (exact) mass is 333 g/mol. The topological polar surface area (TPSA) is 38.3 Å². The predicted molar refractivity (Wildman–Crippen MR) is 101 cm³/mol. The number of fused-ring (bicyclic) bond motifs is 1. The molecule has 1 amide bonds. The van der Waals surface area contributed by atoms with E-state index in [2.05, 4.69) is 43.4 Å². The number of rotatable bonds is 3. The zero-order valence-corrected chi connectivity index (χ0v) is 14.9. The third kappa shape index (κ3) is 2.64. The molecule has 1 aliphatic heterocycles. The number of carbonyl (C=O) groups is 1. The second kappa shape index (κ2) is 5.76. The number of amides is 1.